The molecule has 20 heavy (non-hydrogen) atoms. The van der Waals surface area contributed by atoms with Crippen molar-refractivity contribution in [2.24, 2.45) is 5.73 Å². The van der Waals surface area contributed by atoms with Crippen molar-refractivity contribution in [1.29, 1.82) is 0 Å². The molecule has 0 bridgehead atoms. The molecule has 1 unspecified atom stereocenters. The van der Waals surface area contributed by atoms with E-state index in [4.69, 9.17) is 5.73 Å². The fraction of sp³-hybridized carbons (Fsp3) is 1.00. The zero-order chi connectivity index (χ0) is 14.8. The van der Waals surface area contributed by atoms with Gasteiger partial charge in [0.2, 0.25) is 0 Å². The highest BCUT2D eigenvalue weighted by molar-refractivity contribution is 4.82. The van der Waals surface area contributed by atoms with Crippen molar-refractivity contribution < 1.29 is 0 Å². The second kappa shape index (κ2) is 10.6. The van der Waals surface area contributed by atoms with E-state index >= 15 is 0 Å². The number of piperidine rings is 1. The van der Waals surface area contributed by atoms with Crippen LogP contribution in [0.2, 0.25) is 0 Å². The number of likely N-dealkylation sites (tertiary alicyclic amines) is 1. The smallest absolute Gasteiger partial charge is 0.0218 e. The third kappa shape index (κ3) is 6.11. The first-order valence-corrected chi connectivity index (χ1v) is 8.87. The Hall–Kier alpha value is -0.120. The molecule has 0 radical (unpaired) electrons. The van der Waals surface area contributed by atoms with E-state index in [-0.39, 0.29) is 0 Å². The summed E-state index contributed by atoms with van der Waals surface area (Å²) in [6.07, 6.45) is 10.8. The average Bonchev–Trinajstić information content (AvgIpc) is 2.50. The van der Waals surface area contributed by atoms with Crippen molar-refractivity contribution in [3.63, 3.8) is 0 Å². The largest absolute Gasteiger partial charge is 0.329 e. The minimum Gasteiger partial charge on any atom is -0.329 e. The number of unbranched alkanes of at least 4 members (excludes halogenated alkanes) is 4. The molecule has 3 heteroatoms. The summed E-state index contributed by atoms with van der Waals surface area (Å²) < 4.78 is 0. The Balaban J connectivity index is 2.25. The molecule has 0 spiro atoms. The molecular weight excluding hydrogens is 246 g/mol. The van der Waals surface area contributed by atoms with Crippen LogP contribution >= 0.6 is 0 Å². The molecule has 1 rings (SSSR count). The van der Waals surface area contributed by atoms with Gasteiger partial charge in [0.1, 0.15) is 0 Å². The first-order chi connectivity index (χ1) is 9.72. The van der Waals surface area contributed by atoms with Gasteiger partial charge in [-0.1, -0.05) is 46.0 Å². The Morgan fingerprint density at radius 3 is 2.30 bits per heavy atom. The third-order valence-corrected chi connectivity index (χ3v) is 5.07. The summed E-state index contributed by atoms with van der Waals surface area (Å²) >= 11 is 0. The number of hydrogen-bond donors (Lipinski definition) is 1. The highest BCUT2D eigenvalue weighted by atomic mass is 15.2. The summed E-state index contributed by atoms with van der Waals surface area (Å²) in [5.41, 5.74) is 6.02. The van der Waals surface area contributed by atoms with Gasteiger partial charge < -0.3 is 10.6 Å². The lowest BCUT2D eigenvalue weighted by Gasteiger charge is -2.40. The van der Waals surface area contributed by atoms with Crippen LogP contribution in [0.5, 0.6) is 0 Å². The van der Waals surface area contributed by atoms with Crippen LogP contribution in [0.25, 0.3) is 0 Å². The zero-order valence-electron chi connectivity index (χ0n) is 14.1. The molecule has 0 aromatic rings. The van der Waals surface area contributed by atoms with Gasteiger partial charge in [0, 0.05) is 18.6 Å². The molecule has 0 amide bonds. The summed E-state index contributed by atoms with van der Waals surface area (Å²) in [7, 11) is 2.30. The Kier molecular flexibility index (Phi) is 9.49. The molecule has 0 aliphatic carbocycles. The maximum absolute atomic E-state index is 6.02. The van der Waals surface area contributed by atoms with Crippen molar-refractivity contribution in [2.45, 2.75) is 77.3 Å². The van der Waals surface area contributed by atoms with Crippen molar-refractivity contribution in [3.8, 4) is 0 Å². The van der Waals surface area contributed by atoms with E-state index in [0.29, 0.717) is 6.04 Å². The van der Waals surface area contributed by atoms with Crippen molar-refractivity contribution >= 4 is 0 Å². The van der Waals surface area contributed by atoms with Gasteiger partial charge >= 0.3 is 0 Å². The van der Waals surface area contributed by atoms with Crippen LogP contribution in [0.4, 0.5) is 0 Å². The first kappa shape index (κ1) is 17.9. The summed E-state index contributed by atoms with van der Waals surface area (Å²) in [5, 5.41) is 0. The Bertz CT molecular complexity index is 224. The maximum Gasteiger partial charge on any atom is 0.0218 e. The molecule has 120 valence electrons. The molecule has 1 atom stereocenters. The second-order valence-electron chi connectivity index (χ2n) is 6.42. The van der Waals surface area contributed by atoms with Crippen LogP contribution in [-0.4, -0.2) is 55.1 Å². The van der Waals surface area contributed by atoms with Crippen molar-refractivity contribution in [3.05, 3.63) is 0 Å². The predicted molar refractivity (Wildman–Crippen MR) is 89.1 cm³/mol. The molecular formula is C17H37N3. The quantitative estimate of drug-likeness (QED) is 0.625. The highest BCUT2D eigenvalue weighted by Crippen LogP contribution is 2.19. The van der Waals surface area contributed by atoms with E-state index in [9.17, 15) is 0 Å². The molecule has 1 fully saturated rings. The maximum atomic E-state index is 6.02. The normalized spacial score (nSPS) is 19.6. The van der Waals surface area contributed by atoms with E-state index in [0.717, 1.165) is 12.6 Å². The van der Waals surface area contributed by atoms with Gasteiger partial charge in [0.05, 0.1) is 0 Å². The Morgan fingerprint density at radius 1 is 1.10 bits per heavy atom. The monoisotopic (exact) mass is 283 g/mol. The number of hydrogen-bond acceptors (Lipinski definition) is 3. The fourth-order valence-corrected chi connectivity index (χ4v) is 3.41. The molecule has 1 aliphatic heterocycles. The lowest BCUT2D eigenvalue weighted by molar-refractivity contribution is 0.0962. The van der Waals surface area contributed by atoms with E-state index < -0.39 is 0 Å². The zero-order valence-corrected chi connectivity index (χ0v) is 14.1. The highest BCUT2D eigenvalue weighted by Gasteiger charge is 2.25. The van der Waals surface area contributed by atoms with Crippen LogP contribution in [0.3, 0.4) is 0 Å². The second-order valence-corrected chi connectivity index (χ2v) is 6.42. The molecule has 0 saturated carbocycles. The summed E-state index contributed by atoms with van der Waals surface area (Å²) in [5.74, 6) is 0. The molecule has 2 N–H and O–H groups in total. The molecule has 1 aliphatic rings. The van der Waals surface area contributed by atoms with Crippen LogP contribution in [0, 0.1) is 0 Å². The van der Waals surface area contributed by atoms with Gasteiger partial charge in [-0.2, -0.15) is 0 Å². The molecule has 3 nitrogen and oxygen atoms in total. The van der Waals surface area contributed by atoms with Gasteiger partial charge in [-0.25, -0.2) is 0 Å². The van der Waals surface area contributed by atoms with Crippen molar-refractivity contribution in [1.82, 2.24) is 9.80 Å². The average molecular weight is 284 g/mol. The molecule has 1 heterocycles. The summed E-state index contributed by atoms with van der Waals surface area (Å²) in [6.45, 7) is 9.09. The number of rotatable bonds is 10. The third-order valence-electron chi connectivity index (χ3n) is 5.07. The minimum absolute atomic E-state index is 0.592. The Morgan fingerprint density at radius 2 is 1.75 bits per heavy atom. The number of nitrogens with two attached hydrogens (primary N) is 1. The van der Waals surface area contributed by atoms with Crippen LogP contribution in [0.1, 0.15) is 65.2 Å². The van der Waals surface area contributed by atoms with Crippen LogP contribution in [-0.2, 0) is 0 Å². The van der Waals surface area contributed by atoms with E-state index in [1.54, 1.807) is 0 Å². The van der Waals surface area contributed by atoms with Gasteiger partial charge in [0.15, 0.2) is 0 Å². The van der Waals surface area contributed by atoms with E-state index in [2.05, 4.69) is 30.7 Å². The molecule has 0 aromatic heterocycles. The summed E-state index contributed by atoms with van der Waals surface area (Å²) in [6, 6.07) is 1.34. The number of nitrogens with zero attached hydrogens (tertiary/aromatic N) is 2. The minimum atomic E-state index is 0.592. The van der Waals surface area contributed by atoms with E-state index in [1.165, 1.54) is 71.0 Å². The SMILES string of the molecule is CCCCCCCC(CN)N(C)C1CCN(CC)CC1. The lowest BCUT2D eigenvalue weighted by atomic mass is 9.99. The van der Waals surface area contributed by atoms with Gasteiger partial charge in [-0.3, -0.25) is 4.90 Å². The topological polar surface area (TPSA) is 32.5 Å². The van der Waals surface area contributed by atoms with E-state index in [1.807, 2.05) is 0 Å². The summed E-state index contributed by atoms with van der Waals surface area (Å²) in [4.78, 5) is 5.15. The van der Waals surface area contributed by atoms with Crippen LogP contribution < -0.4 is 5.73 Å². The lowest BCUT2D eigenvalue weighted by Crippen LogP contribution is -2.49. The molecule has 0 aromatic carbocycles. The Labute approximate surface area is 126 Å². The molecule has 1 saturated heterocycles. The van der Waals surface area contributed by atoms with Crippen LogP contribution in [0.15, 0.2) is 0 Å². The van der Waals surface area contributed by atoms with Gasteiger partial charge in [-0.15, -0.1) is 0 Å². The van der Waals surface area contributed by atoms with Gasteiger partial charge in [-0.05, 0) is 45.9 Å². The standard InChI is InChI=1S/C17H37N3/c1-4-6-7-8-9-10-17(15-18)19(3)16-11-13-20(5-2)14-12-16/h16-17H,4-15,18H2,1-3H3. The van der Waals surface area contributed by atoms with Crippen molar-refractivity contribution in [2.75, 3.05) is 33.2 Å². The predicted octanol–water partition coefficient (Wildman–Crippen LogP) is 3.09. The van der Waals surface area contributed by atoms with Gasteiger partial charge in [0.25, 0.3) is 0 Å². The first-order valence-electron chi connectivity index (χ1n) is 8.87. The number of likely N-dealkylation sites (N-methyl/N-ethyl adjacent to an activating group) is 1. The fourth-order valence-electron chi connectivity index (χ4n) is 3.41.